The second-order valence-electron chi connectivity index (χ2n) is 6.66. The highest BCUT2D eigenvalue weighted by molar-refractivity contribution is 5.91. The summed E-state index contributed by atoms with van der Waals surface area (Å²) in [6.07, 6.45) is 2.10. The van der Waals surface area contributed by atoms with E-state index in [-0.39, 0.29) is 11.9 Å². The van der Waals surface area contributed by atoms with Crippen LogP contribution in [0.3, 0.4) is 0 Å². The number of benzene rings is 2. The predicted molar refractivity (Wildman–Crippen MR) is 104 cm³/mol. The Morgan fingerprint density at radius 1 is 1.04 bits per heavy atom. The molecule has 1 heterocycles. The van der Waals surface area contributed by atoms with Crippen LogP contribution >= 0.6 is 0 Å². The molecule has 1 unspecified atom stereocenters. The van der Waals surface area contributed by atoms with Crippen LogP contribution < -0.4 is 24.4 Å². The molecule has 0 aliphatic carbocycles. The lowest BCUT2D eigenvalue weighted by Gasteiger charge is -2.23. The molecule has 2 aromatic carbocycles. The number of hydrogen-bond acceptors (Lipinski definition) is 4. The van der Waals surface area contributed by atoms with Crippen molar-refractivity contribution in [2.24, 2.45) is 0 Å². The smallest absolute Gasteiger partial charge is 0.279 e. The Hall–Kier alpha value is -2.73. The second kappa shape index (κ2) is 8.77. The zero-order valence-electron chi connectivity index (χ0n) is 16.1. The summed E-state index contributed by atoms with van der Waals surface area (Å²) in [6, 6.07) is 13.4. The fourth-order valence-corrected chi connectivity index (χ4v) is 3.70. The molecule has 0 saturated carbocycles. The largest absolute Gasteiger partial charge is 0.497 e. The Bertz CT molecular complexity index is 776. The zero-order chi connectivity index (χ0) is 19.2. The minimum atomic E-state index is 0.00364. The van der Waals surface area contributed by atoms with E-state index in [1.54, 1.807) is 21.3 Å². The van der Waals surface area contributed by atoms with Gasteiger partial charge in [-0.25, -0.2) is 0 Å². The van der Waals surface area contributed by atoms with Crippen molar-refractivity contribution >= 4 is 11.6 Å². The van der Waals surface area contributed by atoms with Crippen LogP contribution in [0, 0.1) is 0 Å². The van der Waals surface area contributed by atoms with Crippen LogP contribution in [0.4, 0.5) is 5.69 Å². The summed E-state index contributed by atoms with van der Waals surface area (Å²) < 4.78 is 16.1. The molecule has 0 aromatic heterocycles. The highest BCUT2D eigenvalue weighted by Crippen LogP contribution is 2.31. The van der Waals surface area contributed by atoms with Gasteiger partial charge in [0.25, 0.3) is 5.91 Å². The molecule has 1 aliphatic heterocycles. The molecular formula is C21H27N2O4+. The van der Waals surface area contributed by atoms with E-state index in [1.165, 1.54) is 4.90 Å². The van der Waals surface area contributed by atoms with Gasteiger partial charge in [-0.1, -0.05) is 0 Å². The van der Waals surface area contributed by atoms with Gasteiger partial charge in [0.05, 0.1) is 33.4 Å². The molecule has 1 aliphatic rings. The first-order valence-corrected chi connectivity index (χ1v) is 9.15. The molecule has 1 fully saturated rings. The maximum Gasteiger partial charge on any atom is 0.279 e. The highest BCUT2D eigenvalue weighted by atomic mass is 16.5. The molecule has 6 nitrogen and oxygen atoms in total. The number of rotatable bonds is 7. The first kappa shape index (κ1) is 19.0. The van der Waals surface area contributed by atoms with Crippen molar-refractivity contribution in [3.8, 4) is 17.2 Å². The van der Waals surface area contributed by atoms with Crippen molar-refractivity contribution in [1.29, 1.82) is 0 Å². The molecule has 0 radical (unpaired) electrons. The molecule has 144 valence electrons. The lowest BCUT2D eigenvalue weighted by molar-refractivity contribution is -0.910. The van der Waals surface area contributed by atoms with Crippen molar-refractivity contribution in [3.05, 3.63) is 48.0 Å². The molecule has 2 N–H and O–H groups in total. The molecule has 2 aromatic rings. The van der Waals surface area contributed by atoms with Gasteiger partial charge in [0.2, 0.25) is 0 Å². The van der Waals surface area contributed by atoms with Gasteiger partial charge in [0.15, 0.2) is 6.54 Å². The van der Waals surface area contributed by atoms with Crippen molar-refractivity contribution in [2.45, 2.75) is 18.9 Å². The van der Waals surface area contributed by atoms with E-state index in [0.29, 0.717) is 6.54 Å². The van der Waals surface area contributed by atoms with Gasteiger partial charge in [0.1, 0.15) is 23.3 Å². The van der Waals surface area contributed by atoms with E-state index < -0.39 is 0 Å². The van der Waals surface area contributed by atoms with Gasteiger partial charge in [-0.2, -0.15) is 0 Å². The summed E-state index contributed by atoms with van der Waals surface area (Å²) in [5.74, 6) is 2.42. The average Bonchev–Trinajstić information content (AvgIpc) is 3.15. The maximum atomic E-state index is 12.6. The number of nitrogens with one attached hydrogen (secondary N) is 2. The van der Waals surface area contributed by atoms with E-state index in [1.807, 2.05) is 42.5 Å². The predicted octanol–water partition coefficient (Wildman–Crippen LogP) is 2.07. The molecule has 0 bridgehead atoms. The molecule has 1 amide bonds. The molecular weight excluding hydrogens is 344 g/mol. The van der Waals surface area contributed by atoms with Crippen LogP contribution in [-0.4, -0.2) is 40.3 Å². The number of hydrogen-bond donors (Lipinski definition) is 2. The van der Waals surface area contributed by atoms with Crippen molar-refractivity contribution in [3.63, 3.8) is 0 Å². The van der Waals surface area contributed by atoms with Crippen LogP contribution in [-0.2, 0) is 4.79 Å². The lowest BCUT2D eigenvalue weighted by atomic mass is 10.0. The number of amides is 1. The number of carbonyl (C=O) groups excluding carboxylic acids is 1. The Morgan fingerprint density at radius 3 is 2.41 bits per heavy atom. The monoisotopic (exact) mass is 371 g/mol. The summed E-state index contributed by atoms with van der Waals surface area (Å²) in [5, 5.41) is 2.97. The SMILES string of the molecule is COc1ccc(NC(=O)C[NH+]2CCC[C@@H]2c2cc(OC)ccc2OC)cc1. The summed E-state index contributed by atoms with van der Waals surface area (Å²) in [7, 11) is 4.96. The van der Waals surface area contributed by atoms with Crippen molar-refractivity contribution in [1.82, 2.24) is 0 Å². The van der Waals surface area contributed by atoms with Crippen LogP contribution in [0.1, 0.15) is 24.4 Å². The van der Waals surface area contributed by atoms with E-state index in [0.717, 1.165) is 47.9 Å². The fourth-order valence-electron chi connectivity index (χ4n) is 3.70. The Morgan fingerprint density at radius 2 is 1.74 bits per heavy atom. The summed E-state index contributed by atoms with van der Waals surface area (Å²) in [4.78, 5) is 13.8. The first-order chi connectivity index (χ1) is 13.1. The average molecular weight is 371 g/mol. The molecule has 2 atom stereocenters. The van der Waals surface area contributed by atoms with Crippen molar-refractivity contribution in [2.75, 3.05) is 39.7 Å². The number of likely N-dealkylation sites (tertiary alicyclic amines) is 1. The van der Waals surface area contributed by atoms with Gasteiger partial charge in [-0.05, 0) is 42.5 Å². The third kappa shape index (κ3) is 4.52. The zero-order valence-corrected chi connectivity index (χ0v) is 16.1. The van der Waals surface area contributed by atoms with Crippen LogP contribution in [0.2, 0.25) is 0 Å². The molecule has 3 rings (SSSR count). The number of carbonyl (C=O) groups is 1. The standard InChI is InChI=1S/C21H26N2O4/c1-25-16-8-6-15(7-9-16)22-21(24)14-23-12-4-5-19(23)18-13-17(26-2)10-11-20(18)27-3/h6-11,13,19H,4-5,12,14H2,1-3H3,(H,22,24)/p+1/t19-/m1/s1. The molecule has 27 heavy (non-hydrogen) atoms. The first-order valence-electron chi connectivity index (χ1n) is 9.15. The second-order valence-corrected chi connectivity index (χ2v) is 6.66. The fraction of sp³-hybridized carbons (Fsp3) is 0.381. The van der Waals surface area contributed by atoms with Gasteiger partial charge in [0, 0.05) is 18.5 Å². The molecule has 6 heteroatoms. The number of ether oxygens (including phenoxy) is 3. The number of methoxy groups -OCH3 is 3. The lowest BCUT2D eigenvalue weighted by Crippen LogP contribution is -3.11. The van der Waals surface area contributed by atoms with Gasteiger partial charge < -0.3 is 24.4 Å². The van der Waals surface area contributed by atoms with E-state index in [4.69, 9.17) is 14.2 Å². The number of anilines is 1. The van der Waals surface area contributed by atoms with E-state index in [2.05, 4.69) is 5.32 Å². The molecule has 1 saturated heterocycles. The van der Waals surface area contributed by atoms with Crippen LogP contribution in [0.5, 0.6) is 17.2 Å². The van der Waals surface area contributed by atoms with Gasteiger partial charge in [-0.15, -0.1) is 0 Å². The molecule has 0 spiro atoms. The third-order valence-corrected chi connectivity index (χ3v) is 5.06. The van der Waals surface area contributed by atoms with Crippen LogP contribution in [0.25, 0.3) is 0 Å². The Kier molecular flexibility index (Phi) is 6.19. The van der Waals surface area contributed by atoms with Crippen molar-refractivity contribution < 1.29 is 23.9 Å². The quantitative estimate of drug-likeness (QED) is 0.782. The number of quaternary nitrogens is 1. The van der Waals surface area contributed by atoms with Crippen LogP contribution in [0.15, 0.2) is 42.5 Å². The van der Waals surface area contributed by atoms with Gasteiger partial charge in [-0.3, -0.25) is 4.79 Å². The van der Waals surface area contributed by atoms with Gasteiger partial charge >= 0.3 is 0 Å². The maximum absolute atomic E-state index is 12.6. The van der Waals surface area contributed by atoms with E-state index in [9.17, 15) is 4.79 Å². The topological polar surface area (TPSA) is 61.2 Å². The normalized spacial score (nSPS) is 18.8. The summed E-state index contributed by atoms with van der Waals surface area (Å²) >= 11 is 0. The summed E-state index contributed by atoms with van der Waals surface area (Å²) in [5.41, 5.74) is 1.87. The minimum absolute atomic E-state index is 0.00364. The highest BCUT2D eigenvalue weighted by Gasteiger charge is 2.34. The summed E-state index contributed by atoms with van der Waals surface area (Å²) in [6.45, 7) is 1.37. The third-order valence-electron chi connectivity index (χ3n) is 5.06. The van der Waals surface area contributed by atoms with E-state index >= 15 is 0 Å². The minimum Gasteiger partial charge on any atom is -0.497 e. The Balaban J connectivity index is 1.70. The Labute approximate surface area is 160 Å².